The van der Waals surface area contributed by atoms with Crippen LogP contribution in [0.3, 0.4) is 0 Å². The molecule has 1 aliphatic rings. The van der Waals surface area contributed by atoms with Crippen molar-refractivity contribution in [1.82, 2.24) is 15.2 Å². The lowest BCUT2D eigenvalue weighted by Gasteiger charge is -2.39. The number of halogens is 3. The number of nitrogens with one attached hydrogen (secondary N) is 1. The van der Waals surface area contributed by atoms with Gasteiger partial charge in [0, 0.05) is 50.6 Å². The molecule has 1 aromatic carbocycles. The molecule has 2 atom stereocenters. The number of benzene rings is 1. The lowest BCUT2D eigenvalue weighted by atomic mass is 9.99. The number of nitrogens with zero attached hydrogens (tertiary/aromatic N) is 2. The molecule has 1 aliphatic heterocycles. The predicted octanol–water partition coefficient (Wildman–Crippen LogP) is 3.98. The first kappa shape index (κ1) is 23.2. The number of methoxy groups -OCH3 is 1. The van der Waals surface area contributed by atoms with E-state index >= 15 is 0 Å². The standard InChI is InChI=1S/C19H24ClN3O.2ClH/c1-24-13-9-17-14-23(12-11-21-17)19(18-4-2-3-10-22-18)15-5-7-16(20)8-6-15;;/h2-8,10,17,19,21H,9,11-14H2,1H3;2*1H/t17-,19?;;/m0../s1. The molecule has 1 fully saturated rings. The van der Waals surface area contributed by atoms with Crippen LogP contribution in [0.4, 0.5) is 0 Å². The summed E-state index contributed by atoms with van der Waals surface area (Å²) in [6.45, 7) is 3.73. The molecule has 7 heteroatoms. The van der Waals surface area contributed by atoms with Crippen molar-refractivity contribution in [1.29, 1.82) is 0 Å². The minimum Gasteiger partial charge on any atom is -0.385 e. The molecule has 2 heterocycles. The average molecular weight is 419 g/mol. The van der Waals surface area contributed by atoms with Crippen LogP contribution in [-0.2, 0) is 4.74 Å². The van der Waals surface area contributed by atoms with Crippen LogP contribution in [0, 0.1) is 0 Å². The molecule has 26 heavy (non-hydrogen) atoms. The molecule has 0 spiro atoms. The van der Waals surface area contributed by atoms with E-state index in [2.05, 4.69) is 39.5 Å². The summed E-state index contributed by atoms with van der Waals surface area (Å²) in [6.07, 6.45) is 2.88. The fraction of sp³-hybridized carbons (Fsp3) is 0.421. The first-order valence-electron chi connectivity index (χ1n) is 8.40. The number of piperazine rings is 1. The molecule has 0 radical (unpaired) electrons. The molecule has 4 nitrogen and oxygen atoms in total. The molecule has 0 aliphatic carbocycles. The van der Waals surface area contributed by atoms with E-state index in [4.69, 9.17) is 16.3 Å². The summed E-state index contributed by atoms with van der Waals surface area (Å²) in [4.78, 5) is 7.12. The van der Waals surface area contributed by atoms with Crippen LogP contribution in [0.2, 0.25) is 5.02 Å². The van der Waals surface area contributed by atoms with Gasteiger partial charge in [-0.25, -0.2) is 0 Å². The Morgan fingerprint density at radius 1 is 1.23 bits per heavy atom. The normalized spacial score (nSPS) is 18.5. The monoisotopic (exact) mass is 417 g/mol. The van der Waals surface area contributed by atoms with Gasteiger partial charge in [-0.3, -0.25) is 9.88 Å². The van der Waals surface area contributed by atoms with E-state index in [0.717, 1.165) is 43.4 Å². The summed E-state index contributed by atoms with van der Waals surface area (Å²) in [7, 11) is 1.75. The maximum atomic E-state index is 6.08. The van der Waals surface area contributed by atoms with E-state index in [0.29, 0.717) is 6.04 Å². The van der Waals surface area contributed by atoms with Crippen molar-refractivity contribution in [3.63, 3.8) is 0 Å². The van der Waals surface area contributed by atoms with Crippen molar-refractivity contribution < 1.29 is 4.74 Å². The first-order chi connectivity index (χ1) is 11.8. The largest absolute Gasteiger partial charge is 0.385 e. The Bertz CT molecular complexity index is 628. The molecule has 1 unspecified atom stereocenters. The molecule has 0 amide bonds. The number of ether oxygens (including phenoxy) is 1. The van der Waals surface area contributed by atoms with Crippen molar-refractivity contribution >= 4 is 36.4 Å². The lowest BCUT2D eigenvalue weighted by Crippen LogP contribution is -2.52. The van der Waals surface area contributed by atoms with Gasteiger partial charge in [0.25, 0.3) is 0 Å². The van der Waals surface area contributed by atoms with E-state index in [9.17, 15) is 0 Å². The first-order valence-corrected chi connectivity index (χ1v) is 8.78. The zero-order valence-corrected chi connectivity index (χ0v) is 17.2. The number of hydrogen-bond acceptors (Lipinski definition) is 4. The average Bonchev–Trinajstić information content (AvgIpc) is 2.63. The fourth-order valence-corrected chi connectivity index (χ4v) is 3.42. The highest BCUT2D eigenvalue weighted by Gasteiger charge is 2.28. The minimum atomic E-state index is 0. The maximum absolute atomic E-state index is 6.08. The lowest BCUT2D eigenvalue weighted by molar-refractivity contribution is 0.129. The zero-order chi connectivity index (χ0) is 16.8. The molecule has 1 aromatic heterocycles. The van der Waals surface area contributed by atoms with E-state index in [1.165, 1.54) is 5.56 Å². The Balaban J connectivity index is 0.00000169. The summed E-state index contributed by atoms with van der Waals surface area (Å²) in [5.74, 6) is 0. The number of rotatable bonds is 6. The Morgan fingerprint density at radius 3 is 2.65 bits per heavy atom. The van der Waals surface area contributed by atoms with Gasteiger partial charge in [0.2, 0.25) is 0 Å². The number of aromatic nitrogens is 1. The van der Waals surface area contributed by atoms with Crippen LogP contribution in [0.25, 0.3) is 0 Å². The van der Waals surface area contributed by atoms with Gasteiger partial charge in [-0.15, -0.1) is 24.8 Å². The summed E-state index contributed by atoms with van der Waals surface area (Å²) in [5.41, 5.74) is 2.30. The molecule has 1 saturated heterocycles. The highest BCUT2D eigenvalue weighted by molar-refractivity contribution is 6.30. The van der Waals surface area contributed by atoms with Gasteiger partial charge >= 0.3 is 0 Å². The van der Waals surface area contributed by atoms with Crippen molar-refractivity contribution in [3.8, 4) is 0 Å². The Labute approximate surface area is 173 Å². The van der Waals surface area contributed by atoms with Gasteiger partial charge in [0.15, 0.2) is 0 Å². The summed E-state index contributed by atoms with van der Waals surface area (Å²) in [5, 5.41) is 4.35. The smallest absolute Gasteiger partial charge is 0.0777 e. The Hall–Kier alpha value is -0.880. The van der Waals surface area contributed by atoms with Crippen molar-refractivity contribution in [2.24, 2.45) is 0 Å². The molecular weight excluding hydrogens is 393 g/mol. The molecule has 144 valence electrons. The SMILES string of the molecule is COCC[C@H]1CN(C(c2ccc(Cl)cc2)c2ccccn2)CCN1.Cl.Cl. The van der Waals surface area contributed by atoms with Crippen LogP contribution in [-0.4, -0.2) is 49.3 Å². The van der Waals surface area contributed by atoms with Crippen molar-refractivity contribution in [2.45, 2.75) is 18.5 Å². The van der Waals surface area contributed by atoms with Gasteiger partial charge in [-0.05, 0) is 36.2 Å². The van der Waals surface area contributed by atoms with Gasteiger partial charge in [0.1, 0.15) is 0 Å². The maximum Gasteiger partial charge on any atom is 0.0777 e. The van der Waals surface area contributed by atoms with Crippen LogP contribution in [0.5, 0.6) is 0 Å². The molecule has 3 rings (SSSR count). The second kappa shape index (κ2) is 11.8. The van der Waals surface area contributed by atoms with Crippen molar-refractivity contribution in [2.75, 3.05) is 33.4 Å². The van der Waals surface area contributed by atoms with E-state index in [-0.39, 0.29) is 30.9 Å². The van der Waals surface area contributed by atoms with Crippen molar-refractivity contribution in [3.05, 3.63) is 64.9 Å². The zero-order valence-electron chi connectivity index (χ0n) is 14.8. The summed E-state index contributed by atoms with van der Waals surface area (Å²) < 4.78 is 5.24. The highest BCUT2D eigenvalue weighted by Crippen LogP contribution is 2.29. The Morgan fingerprint density at radius 2 is 2.00 bits per heavy atom. The van der Waals surface area contributed by atoms with Gasteiger partial charge in [-0.1, -0.05) is 29.8 Å². The third-order valence-electron chi connectivity index (χ3n) is 4.48. The van der Waals surface area contributed by atoms with Crippen LogP contribution in [0.15, 0.2) is 48.7 Å². The molecular formula is C19H26Cl3N3O. The van der Waals surface area contributed by atoms with E-state index in [1.54, 1.807) is 7.11 Å². The van der Waals surface area contributed by atoms with E-state index < -0.39 is 0 Å². The molecule has 0 saturated carbocycles. The predicted molar refractivity (Wildman–Crippen MR) is 112 cm³/mol. The van der Waals surface area contributed by atoms with Gasteiger partial charge in [-0.2, -0.15) is 0 Å². The van der Waals surface area contributed by atoms with Crippen LogP contribution in [0.1, 0.15) is 23.7 Å². The van der Waals surface area contributed by atoms with Crippen LogP contribution < -0.4 is 5.32 Å². The minimum absolute atomic E-state index is 0. The van der Waals surface area contributed by atoms with Gasteiger partial charge < -0.3 is 10.1 Å². The number of pyridine rings is 1. The summed E-state index contributed by atoms with van der Waals surface area (Å²) >= 11 is 6.08. The highest BCUT2D eigenvalue weighted by atomic mass is 35.5. The summed E-state index contributed by atoms with van der Waals surface area (Å²) in [6, 6.07) is 14.8. The van der Waals surface area contributed by atoms with Gasteiger partial charge in [0.05, 0.1) is 11.7 Å². The third kappa shape index (κ3) is 6.08. The third-order valence-corrected chi connectivity index (χ3v) is 4.73. The molecule has 0 bridgehead atoms. The fourth-order valence-electron chi connectivity index (χ4n) is 3.29. The second-order valence-corrected chi connectivity index (χ2v) is 6.57. The molecule has 1 N–H and O–H groups in total. The molecule has 2 aromatic rings. The quantitative estimate of drug-likeness (QED) is 0.770. The second-order valence-electron chi connectivity index (χ2n) is 6.14. The Kier molecular flexibility index (Phi) is 10.5. The number of hydrogen-bond donors (Lipinski definition) is 1. The van der Waals surface area contributed by atoms with E-state index in [1.807, 2.05) is 24.4 Å². The topological polar surface area (TPSA) is 37.4 Å². The van der Waals surface area contributed by atoms with Crippen LogP contribution >= 0.6 is 36.4 Å².